The second kappa shape index (κ2) is 7.43. The first kappa shape index (κ1) is 16.4. The van der Waals surface area contributed by atoms with Crippen LogP contribution in [0.5, 0.6) is 0 Å². The van der Waals surface area contributed by atoms with Crippen LogP contribution >= 0.6 is 0 Å². The van der Waals surface area contributed by atoms with E-state index in [1.807, 2.05) is 6.07 Å². The highest BCUT2D eigenvalue weighted by molar-refractivity contribution is 5.82. The summed E-state index contributed by atoms with van der Waals surface area (Å²) in [6.45, 7) is 4.73. The van der Waals surface area contributed by atoms with Crippen molar-refractivity contribution in [2.75, 3.05) is 13.1 Å². The lowest BCUT2D eigenvalue weighted by atomic mass is 9.97. The third-order valence-electron chi connectivity index (χ3n) is 5.01. The average molecular weight is 317 g/mol. The Morgan fingerprint density at radius 1 is 1.35 bits per heavy atom. The van der Waals surface area contributed by atoms with E-state index in [4.69, 9.17) is 0 Å². The van der Waals surface area contributed by atoms with E-state index >= 15 is 0 Å². The maximum Gasteiger partial charge on any atom is 0.237 e. The van der Waals surface area contributed by atoms with E-state index < -0.39 is 6.10 Å². The molecule has 2 aliphatic heterocycles. The van der Waals surface area contributed by atoms with Crippen LogP contribution in [0.1, 0.15) is 31.7 Å². The molecule has 2 fully saturated rings. The molecule has 0 aromatic heterocycles. The van der Waals surface area contributed by atoms with Crippen molar-refractivity contribution >= 4 is 5.91 Å². The van der Waals surface area contributed by atoms with Gasteiger partial charge in [-0.3, -0.25) is 9.69 Å². The molecule has 2 heterocycles. The topological polar surface area (TPSA) is 64.6 Å². The molecule has 0 bridgehead atoms. The van der Waals surface area contributed by atoms with Gasteiger partial charge in [0, 0.05) is 31.7 Å². The largest absolute Gasteiger partial charge is 0.392 e. The Bertz CT molecular complexity index is 522. The van der Waals surface area contributed by atoms with Gasteiger partial charge in [-0.15, -0.1) is 0 Å². The van der Waals surface area contributed by atoms with E-state index in [2.05, 4.69) is 46.7 Å². The maximum absolute atomic E-state index is 12.2. The lowest BCUT2D eigenvalue weighted by Crippen LogP contribution is -2.51. The molecule has 5 heteroatoms. The molecule has 1 aromatic rings. The summed E-state index contributed by atoms with van der Waals surface area (Å²) in [6, 6.07) is 11.0. The highest BCUT2D eigenvalue weighted by atomic mass is 16.3. The smallest absolute Gasteiger partial charge is 0.237 e. The van der Waals surface area contributed by atoms with Crippen LogP contribution in [0.4, 0.5) is 0 Å². The molecule has 0 saturated carbocycles. The van der Waals surface area contributed by atoms with Gasteiger partial charge in [0.05, 0.1) is 12.1 Å². The van der Waals surface area contributed by atoms with E-state index in [1.165, 1.54) is 5.56 Å². The number of aliphatic hydroxyl groups is 1. The fourth-order valence-corrected chi connectivity index (χ4v) is 3.62. The molecule has 2 saturated heterocycles. The number of likely N-dealkylation sites (tertiary alicyclic amines) is 1. The van der Waals surface area contributed by atoms with Crippen molar-refractivity contribution in [2.45, 2.75) is 57.0 Å². The van der Waals surface area contributed by atoms with Crippen molar-refractivity contribution in [2.24, 2.45) is 0 Å². The van der Waals surface area contributed by atoms with E-state index in [0.29, 0.717) is 19.0 Å². The Hall–Kier alpha value is -1.43. The van der Waals surface area contributed by atoms with Crippen LogP contribution in [0.15, 0.2) is 30.3 Å². The zero-order valence-corrected chi connectivity index (χ0v) is 13.7. The Labute approximate surface area is 138 Å². The molecule has 0 aliphatic carbocycles. The van der Waals surface area contributed by atoms with Crippen molar-refractivity contribution in [3.63, 3.8) is 0 Å². The molecule has 4 unspecified atom stereocenters. The zero-order chi connectivity index (χ0) is 16.2. The van der Waals surface area contributed by atoms with Crippen molar-refractivity contribution in [3.8, 4) is 0 Å². The molecule has 0 radical (unpaired) electrons. The normalized spacial score (nSPS) is 31.9. The second-order valence-corrected chi connectivity index (χ2v) is 6.89. The Morgan fingerprint density at radius 3 is 2.78 bits per heavy atom. The molecule has 2 aliphatic rings. The Morgan fingerprint density at radius 2 is 2.13 bits per heavy atom. The summed E-state index contributed by atoms with van der Waals surface area (Å²) in [5, 5.41) is 15.8. The van der Waals surface area contributed by atoms with Crippen LogP contribution < -0.4 is 10.6 Å². The summed E-state index contributed by atoms with van der Waals surface area (Å²) in [5.74, 6) is 0.0373. The zero-order valence-electron chi connectivity index (χ0n) is 13.7. The number of hydrogen-bond donors (Lipinski definition) is 3. The third-order valence-corrected chi connectivity index (χ3v) is 5.01. The second-order valence-electron chi connectivity index (χ2n) is 6.89. The lowest BCUT2D eigenvalue weighted by Gasteiger charge is -2.38. The number of β-amino-alcohol motifs (C(OH)–C–C–N with tert-alkyl or cyclic N) is 1. The van der Waals surface area contributed by atoms with Crippen molar-refractivity contribution in [1.82, 2.24) is 15.5 Å². The fraction of sp³-hybridized carbons (Fsp3) is 0.611. The van der Waals surface area contributed by atoms with Crippen molar-refractivity contribution < 1.29 is 9.90 Å². The predicted octanol–water partition coefficient (Wildman–Crippen LogP) is 0.878. The average Bonchev–Trinajstić information content (AvgIpc) is 2.98. The number of rotatable bonds is 4. The molecule has 5 nitrogen and oxygen atoms in total. The fourth-order valence-electron chi connectivity index (χ4n) is 3.62. The van der Waals surface area contributed by atoms with Gasteiger partial charge in [-0.05, 0) is 31.7 Å². The molecular weight excluding hydrogens is 290 g/mol. The van der Waals surface area contributed by atoms with E-state index in [1.54, 1.807) is 0 Å². The number of carbonyl (C=O) groups excluding carboxylic acids is 1. The number of amides is 1. The molecule has 1 aromatic carbocycles. The minimum atomic E-state index is -0.391. The first-order valence-corrected chi connectivity index (χ1v) is 8.61. The van der Waals surface area contributed by atoms with Gasteiger partial charge in [0.25, 0.3) is 0 Å². The summed E-state index contributed by atoms with van der Waals surface area (Å²) in [7, 11) is 0. The van der Waals surface area contributed by atoms with Gasteiger partial charge in [-0.25, -0.2) is 0 Å². The highest BCUT2D eigenvalue weighted by Gasteiger charge is 2.31. The van der Waals surface area contributed by atoms with Gasteiger partial charge < -0.3 is 15.7 Å². The number of hydrogen-bond acceptors (Lipinski definition) is 4. The van der Waals surface area contributed by atoms with Gasteiger partial charge in [0.2, 0.25) is 5.91 Å². The minimum absolute atomic E-state index is 0.0373. The van der Waals surface area contributed by atoms with Crippen LogP contribution in [0.3, 0.4) is 0 Å². The summed E-state index contributed by atoms with van der Waals surface area (Å²) in [4.78, 5) is 14.7. The van der Waals surface area contributed by atoms with Crippen LogP contribution in [0.25, 0.3) is 0 Å². The molecule has 1 amide bonds. The van der Waals surface area contributed by atoms with E-state index in [9.17, 15) is 9.90 Å². The summed E-state index contributed by atoms with van der Waals surface area (Å²) in [6.07, 6.45) is 2.10. The van der Waals surface area contributed by atoms with Crippen LogP contribution in [0, 0.1) is 0 Å². The molecule has 0 spiro atoms. The number of piperidine rings is 1. The Balaban J connectivity index is 1.47. The van der Waals surface area contributed by atoms with E-state index in [0.717, 1.165) is 25.9 Å². The maximum atomic E-state index is 12.2. The summed E-state index contributed by atoms with van der Waals surface area (Å²) in [5.41, 5.74) is 1.34. The van der Waals surface area contributed by atoms with Gasteiger partial charge in [0.1, 0.15) is 0 Å². The first-order chi connectivity index (χ1) is 11.1. The molecule has 23 heavy (non-hydrogen) atoms. The van der Waals surface area contributed by atoms with Gasteiger partial charge in [-0.2, -0.15) is 0 Å². The lowest BCUT2D eigenvalue weighted by molar-refractivity contribution is -0.124. The number of nitrogens with one attached hydrogen (secondary N) is 2. The van der Waals surface area contributed by atoms with Gasteiger partial charge in [-0.1, -0.05) is 30.3 Å². The summed E-state index contributed by atoms with van der Waals surface area (Å²) < 4.78 is 0. The minimum Gasteiger partial charge on any atom is -0.392 e. The number of benzene rings is 1. The van der Waals surface area contributed by atoms with Crippen molar-refractivity contribution in [3.05, 3.63) is 35.9 Å². The standard InChI is InChI=1S/C18H27N3O2/c1-13-9-15(20-18(23)17-10-16(22)11-19-17)7-8-21(13)12-14-5-3-2-4-6-14/h2-6,13,15-17,19,22H,7-12H2,1H3,(H,20,23). The van der Waals surface area contributed by atoms with Crippen LogP contribution in [-0.4, -0.2) is 53.2 Å². The predicted molar refractivity (Wildman–Crippen MR) is 89.9 cm³/mol. The molecule has 3 N–H and O–H groups in total. The number of carbonyl (C=O) groups is 1. The van der Waals surface area contributed by atoms with Crippen molar-refractivity contribution in [1.29, 1.82) is 0 Å². The van der Waals surface area contributed by atoms with Gasteiger partial charge in [0.15, 0.2) is 0 Å². The van der Waals surface area contributed by atoms with E-state index in [-0.39, 0.29) is 18.0 Å². The van der Waals surface area contributed by atoms with Crippen LogP contribution in [-0.2, 0) is 11.3 Å². The Kier molecular flexibility index (Phi) is 5.30. The molecule has 4 atom stereocenters. The quantitative estimate of drug-likeness (QED) is 0.771. The molecule has 126 valence electrons. The SMILES string of the molecule is CC1CC(NC(=O)C2CC(O)CN2)CCN1Cc1ccccc1. The number of nitrogens with zero attached hydrogens (tertiary/aromatic N) is 1. The highest BCUT2D eigenvalue weighted by Crippen LogP contribution is 2.20. The molecular formula is C18H27N3O2. The third kappa shape index (κ3) is 4.31. The summed E-state index contributed by atoms with van der Waals surface area (Å²) >= 11 is 0. The monoisotopic (exact) mass is 317 g/mol. The first-order valence-electron chi connectivity index (χ1n) is 8.61. The number of aliphatic hydroxyl groups excluding tert-OH is 1. The van der Waals surface area contributed by atoms with Crippen LogP contribution in [0.2, 0.25) is 0 Å². The van der Waals surface area contributed by atoms with Gasteiger partial charge >= 0.3 is 0 Å². The molecule has 3 rings (SSSR count).